The number of hydrogen-bond donors (Lipinski definition) is 2. The van der Waals surface area contributed by atoms with Crippen LogP contribution in [0.1, 0.15) is 20.7 Å². The third-order valence-corrected chi connectivity index (χ3v) is 6.25. The van der Waals surface area contributed by atoms with E-state index < -0.39 is 6.04 Å². The molecule has 0 aromatic heterocycles. The van der Waals surface area contributed by atoms with Crippen LogP contribution >= 0.6 is 11.8 Å². The minimum absolute atomic E-state index is 0.163. The van der Waals surface area contributed by atoms with Gasteiger partial charge in [0.25, 0.3) is 11.8 Å². The molecule has 1 heterocycles. The highest BCUT2D eigenvalue weighted by molar-refractivity contribution is 7.99. The Bertz CT molecular complexity index is 1150. The predicted molar refractivity (Wildman–Crippen MR) is 130 cm³/mol. The number of carbonyl (C=O) groups excluding carboxylic acids is 3. The summed E-state index contributed by atoms with van der Waals surface area (Å²) in [7, 11) is 1.54. The van der Waals surface area contributed by atoms with Crippen LogP contribution in [0.5, 0.6) is 5.75 Å². The molecule has 0 unspecified atom stereocenters. The van der Waals surface area contributed by atoms with Gasteiger partial charge >= 0.3 is 0 Å². The van der Waals surface area contributed by atoms with Crippen molar-refractivity contribution in [3.8, 4) is 5.75 Å². The van der Waals surface area contributed by atoms with Gasteiger partial charge in [-0.3, -0.25) is 14.4 Å². The fourth-order valence-electron chi connectivity index (χ4n) is 3.48. The van der Waals surface area contributed by atoms with Crippen molar-refractivity contribution < 1.29 is 19.1 Å². The first-order valence-electron chi connectivity index (χ1n) is 10.4. The molecular weight excluding hydrogens is 438 g/mol. The van der Waals surface area contributed by atoms with E-state index >= 15 is 0 Å². The number of para-hydroxylation sites is 2. The Morgan fingerprint density at radius 2 is 1.58 bits per heavy atom. The summed E-state index contributed by atoms with van der Waals surface area (Å²) in [5, 5.41) is 5.67. The number of ether oxygens (including phenoxy) is 1. The number of nitrogens with one attached hydrogen (secondary N) is 2. The molecule has 1 atom stereocenters. The van der Waals surface area contributed by atoms with Gasteiger partial charge in [-0.25, -0.2) is 0 Å². The number of amides is 3. The maximum Gasteiger partial charge on any atom is 0.255 e. The summed E-state index contributed by atoms with van der Waals surface area (Å²) in [6.45, 7) is 0. The zero-order valence-electron chi connectivity index (χ0n) is 18.0. The van der Waals surface area contributed by atoms with Gasteiger partial charge in [0.2, 0.25) is 5.91 Å². The molecule has 1 aliphatic rings. The quantitative estimate of drug-likeness (QED) is 0.577. The number of benzene rings is 3. The van der Waals surface area contributed by atoms with E-state index in [1.807, 2.05) is 18.2 Å². The highest BCUT2D eigenvalue weighted by Crippen LogP contribution is 2.25. The molecule has 8 heteroatoms. The van der Waals surface area contributed by atoms with Gasteiger partial charge < -0.3 is 20.3 Å². The Morgan fingerprint density at radius 1 is 0.879 bits per heavy atom. The molecule has 0 radical (unpaired) electrons. The molecule has 3 aromatic rings. The summed E-state index contributed by atoms with van der Waals surface area (Å²) >= 11 is 1.54. The van der Waals surface area contributed by atoms with E-state index in [0.717, 1.165) is 0 Å². The van der Waals surface area contributed by atoms with Crippen LogP contribution in [0.4, 0.5) is 11.4 Å². The number of rotatable bonds is 6. The zero-order chi connectivity index (χ0) is 23.2. The Kier molecular flexibility index (Phi) is 6.95. The van der Waals surface area contributed by atoms with Crippen molar-refractivity contribution >= 4 is 40.9 Å². The van der Waals surface area contributed by atoms with Crippen molar-refractivity contribution in [3.63, 3.8) is 0 Å². The minimum Gasteiger partial charge on any atom is -0.495 e. The SMILES string of the molecule is COc1ccccc1NC(=O)c1ccc(NC(=O)[C@@H]2CSCN2C(=O)c2ccccc2)cc1. The molecule has 0 aliphatic carbocycles. The van der Waals surface area contributed by atoms with Gasteiger partial charge in [0.05, 0.1) is 18.7 Å². The fraction of sp³-hybridized carbons (Fsp3) is 0.160. The van der Waals surface area contributed by atoms with Crippen LogP contribution in [0.25, 0.3) is 0 Å². The number of methoxy groups -OCH3 is 1. The highest BCUT2D eigenvalue weighted by Gasteiger charge is 2.35. The van der Waals surface area contributed by atoms with Crippen LogP contribution in [0.2, 0.25) is 0 Å². The first-order chi connectivity index (χ1) is 16.1. The van der Waals surface area contributed by atoms with Crippen molar-refractivity contribution in [2.24, 2.45) is 0 Å². The Morgan fingerprint density at radius 3 is 2.30 bits per heavy atom. The lowest BCUT2D eigenvalue weighted by Gasteiger charge is -2.23. The molecule has 4 rings (SSSR count). The average Bonchev–Trinajstić information content (AvgIpc) is 3.35. The summed E-state index contributed by atoms with van der Waals surface area (Å²) < 4.78 is 5.26. The summed E-state index contributed by atoms with van der Waals surface area (Å²) in [4.78, 5) is 39.9. The number of nitrogens with zero attached hydrogens (tertiary/aromatic N) is 1. The second-order valence-electron chi connectivity index (χ2n) is 7.38. The van der Waals surface area contributed by atoms with Crippen molar-refractivity contribution in [2.75, 3.05) is 29.4 Å². The van der Waals surface area contributed by atoms with E-state index in [4.69, 9.17) is 4.74 Å². The molecule has 1 saturated heterocycles. The smallest absolute Gasteiger partial charge is 0.255 e. The molecular formula is C25H23N3O4S. The number of hydrogen-bond acceptors (Lipinski definition) is 5. The molecule has 3 aromatic carbocycles. The zero-order valence-corrected chi connectivity index (χ0v) is 18.8. The molecule has 1 aliphatic heterocycles. The van der Waals surface area contributed by atoms with E-state index in [1.54, 1.807) is 84.4 Å². The molecule has 2 N–H and O–H groups in total. The first kappa shape index (κ1) is 22.4. The lowest BCUT2D eigenvalue weighted by molar-refractivity contribution is -0.119. The topological polar surface area (TPSA) is 87.7 Å². The second-order valence-corrected chi connectivity index (χ2v) is 8.38. The average molecular weight is 462 g/mol. The molecule has 7 nitrogen and oxygen atoms in total. The van der Waals surface area contributed by atoms with Crippen LogP contribution in [-0.2, 0) is 4.79 Å². The second kappa shape index (κ2) is 10.2. The molecule has 3 amide bonds. The van der Waals surface area contributed by atoms with E-state index in [9.17, 15) is 14.4 Å². The maximum absolute atomic E-state index is 12.9. The van der Waals surface area contributed by atoms with E-state index in [2.05, 4.69) is 10.6 Å². The van der Waals surface area contributed by atoms with Gasteiger partial charge in [-0.1, -0.05) is 30.3 Å². The highest BCUT2D eigenvalue weighted by atomic mass is 32.2. The van der Waals surface area contributed by atoms with Crippen molar-refractivity contribution in [2.45, 2.75) is 6.04 Å². The number of thioether (sulfide) groups is 1. The van der Waals surface area contributed by atoms with Crippen LogP contribution in [0.3, 0.4) is 0 Å². The normalized spacial score (nSPS) is 15.1. The number of carbonyl (C=O) groups is 3. The molecule has 0 spiro atoms. The summed E-state index contributed by atoms with van der Waals surface area (Å²) in [6.07, 6.45) is 0. The largest absolute Gasteiger partial charge is 0.495 e. The Labute approximate surface area is 196 Å². The van der Waals surface area contributed by atoms with Crippen LogP contribution < -0.4 is 15.4 Å². The summed E-state index contributed by atoms with van der Waals surface area (Å²) in [5.41, 5.74) is 2.13. The van der Waals surface area contributed by atoms with Gasteiger partial charge in [-0.05, 0) is 48.5 Å². The van der Waals surface area contributed by atoms with Crippen molar-refractivity contribution in [3.05, 3.63) is 90.0 Å². The number of anilines is 2. The van der Waals surface area contributed by atoms with Crippen molar-refractivity contribution in [1.82, 2.24) is 4.90 Å². The van der Waals surface area contributed by atoms with Gasteiger partial charge in [-0.15, -0.1) is 11.8 Å². The third kappa shape index (κ3) is 5.18. The fourth-order valence-corrected chi connectivity index (χ4v) is 4.63. The van der Waals surface area contributed by atoms with Gasteiger partial charge in [0, 0.05) is 22.6 Å². The molecule has 1 fully saturated rings. The summed E-state index contributed by atoms with van der Waals surface area (Å²) in [5.74, 6) is 0.861. The minimum atomic E-state index is -0.559. The third-order valence-electron chi connectivity index (χ3n) is 5.24. The van der Waals surface area contributed by atoms with E-state index in [-0.39, 0.29) is 17.7 Å². The maximum atomic E-state index is 12.9. The van der Waals surface area contributed by atoms with Crippen LogP contribution in [0.15, 0.2) is 78.9 Å². The van der Waals surface area contributed by atoms with Gasteiger partial charge in [0.15, 0.2) is 0 Å². The lowest BCUT2D eigenvalue weighted by atomic mass is 10.1. The predicted octanol–water partition coefficient (Wildman–Crippen LogP) is 4.10. The van der Waals surface area contributed by atoms with Crippen molar-refractivity contribution in [1.29, 1.82) is 0 Å². The molecule has 0 bridgehead atoms. The molecule has 33 heavy (non-hydrogen) atoms. The van der Waals surface area contributed by atoms with Gasteiger partial charge in [0.1, 0.15) is 11.8 Å². The van der Waals surface area contributed by atoms with Crippen LogP contribution in [-0.4, -0.2) is 47.4 Å². The molecule has 0 saturated carbocycles. The van der Waals surface area contributed by atoms with E-state index in [1.165, 1.54) is 0 Å². The standard InChI is InChI=1S/C25H23N3O4S/c1-32-22-10-6-5-9-20(22)27-23(29)17-11-13-19(14-12-17)26-24(30)21-15-33-16-28(21)25(31)18-7-3-2-4-8-18/h2-14,21H,15-16H2,1H3,(H,26,30)(H,27,29)/t21-/m0/s1. The van der Waals surface area contributed by atoms with Gasteiger partial charge in [-0.2, -0.15) is 0 Å². The lowest BCUT2D eigenvalue weighted by Crippen LogP contribution is -2.44. The Balaban J connectivity index is 1.39. The summed E-state index contributed by atoms with van der Waals surface area (Å²) in [6, 6.07) is 22.1. The molecule has 168 valence electrons. The Hall–Kier alpha value is -3.78. The first-order valence-corrected chi connectivity index (χ1v) is 11.5. The van der Waals surface area contributed by atoms with E-state index in [0.29, 0.717) is 39.9 Å². The monoisotopic (exact) mass is 461 g/mol. The van der Waals surface area contributed by atoms with Crippen LogP contribution in [0, 0.1) is 0 Å².